The Bertz CT molecular complexity index is 980. The molecule has 1 unspecified atom stereocenters. The molecule has 4 rings (SSSR count). The Morgan fingerprint density at radius 1 is 1.10 bits per heavy atom. The zero-order valence-electron chi connectivity index (χ0n) is 16.7. The van der Waals surface area contributed by atoms with E-state index in [9.17, 15) is 9.59 Å². The van der Waals surface area contributed by atoms with Gasteiger partial charge in [-0.2, -0.15) is 0 Å². The lowest BCUT2D eigenvalue weighted by molar-refractivity contribution is -0.146. The van der Waals surface area contributed by atoms with E-state index in [4.69, 9.17) is 9.73 Å². The molecule has 0 saturated carbocycles. The highest BCUT2D eigenvalue weighted by Crippen LogP contribution is 2.46. The van der Waals surface area contributed by atoms with E-state index in [2.05, 4.69) is 17.1 Å². The van der Waals surface area contributed by atoms with E-state index in [0.29, 0.717) is 24.1 Å². The van der Waals surface area contributed by atoms with Crippen LogP contribution in [0.2, 0.25) is 0 Å². The average Bonchev–Trinajstić information content (AvgIpc) is 2.74. The molecule has 5 nitrogen and oxygen atoms in total. The minimum Gasteiger partial charge on any atom is -0.465 e. The van der Waals surface area contributed by atoms with Crippen LogP contribution in [0.5, 0.6) is 0 Å². The maximum absolute atomic E-state index is 13.3. The fourth-order valence-corrected chi connectivity index (χ4v) is 4.48. The minimum atomic E-state index is -0.602. The molecule has 2 aromatic rings. The molecular weight excluding hydrogens is 364 g/mol. The topological polar surface area (TPSA) is 68.6 Å². The van der Waals surface area contributed by atoms with Crippen LogP contribution in [0, 0.1) is 5.92 Å². The number of nitrogens with zero attached hydrogens (tertiary/aromatic N) is 2. The lowest BCUT2D eigenvalue weighted by Gasteiger charge is -2.36. The molecule has 1 aromatic carbocycles. The minimum absolute atomic E-state index is 0.0551. The van der Waals surface area contributed by atoms with E-state index in [1.165, 1.54) is 0 Å². The number of carbonyl (C=O) groups is 2. The molecule has 0 spiro atoms. The Hall–Kier alpha value is -3.08. The molecule has 0 bridgehead atoms. The number of allylic oxidation sites excluding steroid dienone is 2. The fraction of sp³-hybridized carbons (Fsp3) is 0.333. The number of hydrogen-bond donors (Lipinski definition) is 0. The largest absolute Gasteiger partial charge is 0.465 e. The first-order chi connectivity index (χ1) is 14.1. The van der Waals surface area contributed by atoms with Crippen LogP contribution in [0.15, 0.2) is 71.1 Å². The lowest BCUT2D eigenvalue weighted by atomic mass is 9.69. The van der Waals surface area contributed by atoms with E-state index in [0.717, 1.165) is 16.8 Å². The predicted molar refractivity (Wildman–Crippen MR) is 111 cm³/mol. The van der Waals surface area contributed by atoms with E-state index in [1.54, 1.807) is 19.3 Å². The van der Waals surface area contributed by atoms with Gasteiger partial charge in [-0.1, -0.05) is 36.4 Å². The Kier molecular flexibility index (Phi) is 5.38. The molecule has 3 atom stereocenters. The number of ketones is 1. The Morgan fingerprint density at radius 3 is 2.55 bits per heavy atom. The first-order valence-corrected chi connectivity index (χ1v) is 10.0. The molecule has 0 N–H and O–H groups in total. The van der Waals surface area contributed by atoms with Crippen molar-refractivity contribution in [2.45, 2.75) is 38.5 Å². The summed E-state index contributed by atoms with van der Waals surface area (Å²) in [6.45, 7) is 3.93. The summed E-state index contributed by atoms with van der Waals surface area (Å²) in [5.74, 6) is -1.19. The second kappa shape index (κ2) is 8.11. The first kappa shape index (κ1) is 19.2. The van der Waals surface area contributed by atoms with E-state index < -0.39 is 11.8 Å². The van der Waals surface area contributed by atoms with Gasteiger partial charge in [0, 0.05) is 41.7 Å². The van der Waals surface area contributed by atoms with Gasteiger partial charge in [0.05, 0.1) is 6.61 Å². The summed E-state index contributed by atoms with van der Waals surface area (Å²) in [4.78, 5) is 35.1. The summed E-state index contributed by atoms with van der Waals surface area (Å²) in [5, 5.41) is 0. The first-order valence-electron chi connectivity index (χ1n) is 10.0. The summed E-state index contributed by atoms with van der Waals surface area (Å²) in [6.07, 6.45) is 4.53. The third-order valence-electron chi connectivity index (χ3n) is 5.74. The number of aromatic nitrogens is 1. The molecule has 0 radical (unpaired) electrons. The summed E-state index contributed by atoms with van der Waals surface area (Å²) in [5.41, 5.74) is 4.12. The van der Waals surface area contributed by atoms with Crippen molar-refractivity contribution in [3.05, 3.63) is 77.3 Å². The van der Waals surface area contributed by atoms with Crippen LogP contribution in [0.3, 0.4) is 0 Å². The van der Waals surface area contributed by atoms with Crippen molar-refractivity contribution < 1.29 is 14.3 Å². The molecule has 2 aliphatic rings. The number of aliphatic imine (C=N–C) groups is 1. The molecule has 29 heavy (non-hydrogen) atoms. The lowest BCUT2D eigenvalue weighted by Crippen LogP contribution is -2.38. The molecular formula is C24H24N2O3. The molecule has 1 aromatic heterocycles. The predicted octanol–water partition coefficient (Wildman–Crippen LogP) is 4.22. The van der Waals surface area contributed by atoms with E-state index in [-0.39, 0.29) is 24.3 Å². The third kappa shape index (κ3) is 3.65. The molecule has 0 saturated heterocycles. The highest BCUT2D eigenvalue weighted by Gasteiger charge is 2.44. The van der Waals surface area contributed by atoms with Crippen molar-refractivity contribution >= 4 is 17.5 Å². The van der Waals surface area contributed by atoms with Crippen LogP contribution >= 0.6 is 0 Å². The molecule has 148 valence electrons. The van der Waals surface area contributed by atoms with Crippen LogP contribution < -0.4 is 0 Å². The quantitative estimate of drug-likeness (QED) is 0.736. The Morgan fingerprint density at radius 2 is 1.86 bits per heavy atom. The molecule has 0 amide bonds. The number of carbonyl (C=O) groups excluding carboxylic acids is 2. The van der Waals surface area contributed by atoms with Crippen molar-refractivity contribution in [3.63, 3.8) is 0 Å². The Labute approximate surface area is 170 Å². The van der Waals surface area contributed by atoms with Gasteiger partial charge in [-0.15, -0.1) is 0 Å². The van der Waals surface area contributed by atoms with Gasteiger partial charge in [0.25, 0.3) is 0 Å². The van der Waals surface area contributed by atoms with Gasteiger partial charge in [0.1, 0.15) is 5.92 Å². The highest BCUT2D eigenvalue weighted by molar-refractivity contribution is 6.09. The Balaban J connectivity index is 1.79. The summed E-state index contributed by atoms with van der Waals surface area (Å²) in [7, 11) is 0. The summed E-state index contributed by atoms with van der Waals surface area (Å²) in [6, 6.07) is 13.8. The number of benzene rings is 1. The van der Waals surface area contributed by atoms with Crippen molar-refractivity contribution in [2.75, 3.05) is 6.61 Å². The normalized spacial score (nSPS) is 24.0. The van der Waals surface area contributed by atoms with Gasteiger partial charge < -0.3 is 4.74 Å². The van der Waals surface area contributed by atoms with Gasteiger partial charge in [0.15, 0.2) is 5.78 Å². The number of hydrogen-bond acceptors (Lipinski definition) is 5. The monoisotopic (exact) mass is 388 g/mol. The number of ether oxygens (including phenoxy) is 1. The number of rotatable bonds is 4. The van der Waals surface area contributed by atoms with Gasteiger partial charge in [0.2, 0.25) is 0 Å². The third-order valence-corrected chi connectivity index (χ3v) is 5.74. The van der Waals surface area contributed by atoms with Gasteiger partial charge >= 0.3 is 5.97 Å². The van der Waals surface area contributed by atoms with Gasteiger partial charge in [-0.3, -0.25) is 19.6 Å². The summed E-state index contributed by atoms with van der Waals surface area (Å²) < 4.78 is 5.33. The molecule has 1 aliphatic heterocycles. The van der Waals surface area contributed by atoms with Gasteiger partial charge in [-0.25, -0.2) is 0 Å². The van der Waals surface area contributed by atoms with Crippen LogP contribution in [0.25, 0.3) is 0 Å². The van der Waals surface area contributed by atoms with Crippen LogP contribution in [0.1, 0.15) is 49.7 Å². The van der Waals surface area contributed by atoms with Crippen molar-refractivity contribution in [2.24, 2.45) is 10.9 Å². The SMILES string of the molecule is CCOC(=O)C1C(C)=NC2=C(C(=O)C[C@H](c3ccccc3)C2)[C@H]1c1cccnc1. The van der Waals surface area contributed by atoms with Crippen molar-refractivity contribution in [1.29, 1.82) is 0 Å². The molecule has 1 aliphatic carbocycles. The average molecular weight is 388 g/mol. The smallest absolute Gasteiger partial charge is 0.315 e. The zero-order valence-corrected chi connectivity index (χ0v) is 16.7. The summed E-state index contributed by atoms with van der Waals surface area (Å²) >= 11 is 0. The van der Waals surface area contributed by atoms with Crippen LogP contribution in [0.4, 0.5) is 0 Å². The van der Waals surface area contributed by atoms with E-state index >= 15 is 0 Å². The maximum Gasteiger partial charge on any atom is 0.315 e. The number of Topliss-reactive ketones (excluding diaryl/α,β-unsaturated/α-hetero) is 1. The molecule has 5 heteroatoms. The fourth-order valence-electron chi connectivity index (χ4n) is 4.48. The molecule has 0 fully saturated rings. The maximum atomic E-state index is 13.3. The number of esters is 1. The standard InChI is InChI=1S/C24H24N2O3/c1-3-29-24(28)21-15(2)26-19-12-18(16-8-5-4-6-9-16)13-20(27)23(19)22(21)17-10-7-11-25-14-17/h4-11,14,18,21-22H,3,12-13H2,1-2H3/t18-,21?,22+/m1/s1. The highest BCUT2D eigenvalue weighted by atomic mass is 16.5. The van der Waals surface area contributed by atoms with Crippen molar-refractivity contribution in [3.8, 4) is 0 Å². The second-order valence-corrected chi connectivity index (χ2v) is 7.55. The van der Waals surface area contributed by atoms with Crippen molar-refractivity contribution in [1.82, 2.24) is 4.98 Å². The van der Waals surface area contributed by atoms with Crippen LogP contribution in [-0.2, 0) is 14.3 Å². The van der Waals surface area contributed by atoms with Crippen LogP contribution in [-0.4, -0.2) is 29.1 Å². The number of pyridine rings is 1. The van der Waals surface area contributed by atoms with Gasteiger partial charge in [-0.05, 0) is 43.4 Å². The second-order valence-electron chi connectivity index (χ2n) is 7.55. The molecule has 2 heterocycles. The van der Waals surface area contributed by atoms with E-state index in [1.807, 2.05) is 37.3 Å². The zero-order chi connectivity index (χ0) is 20.4.